The van der Waals surface area contributed by atoms with E-state index in [0.717, 1.165) is 16.5 Å². The minimum Gasteiger partial charge on any atom is -0.375 e. The van der Waals surface area contributed by atoms with Gasteiger partial charge in [-0.2, -0.15) is 0 Å². The van der Waals surface area contributed by atoms with Crippen LogP contribution in [0, 0.1) is 0 Å². The highest BCUT2D eigenvalue weighted by molar-refractivity contribution is 7.98. The first-order valence-corrected chi connectivity index (χ1v) is 7.04. The lowest BCUT2D eigenvalue weighted by Crippen LogP contribution is -2.28. The molecule has 1 aromatic heterocycles. The summed E-state index contributed by atoms with van der Waals surface area (Å²) in [6.45, 7) is 6.37. The molecule has 0 atom stereocenters. The molecule has 0 saturated heterocycles. The van der Waals surface area contributed by atoms with Gasteiger partial charge in [0.05, 0.1) is 0 Å². The lowest BCUT2D eigenvalue weighted by Gasteiger charge is -2.24. The van der Waals surface area contributed by atoms with Crippen molar-refractivity contribution in [3.05, 3.63) is 0 Å². The van der Waals surface area contributed by atoms with Crippen molar-refractivity contribution in [3.63, 3.8) is 0 Å². The molecule has 94 valence electrons. The van der Waals surface area contributed by atoms with E-state index in [2.05, 4.69) is 46.8 Å². The molecule has 0 unspecified atom stereocenters. The monoisotopic (exact) mass is 253 g/mol. The number of nitrogens with zero attached hydrogens (tertiary/aromatic N) is 3. The summed E-state index contributed by atoms with van der Waals surface area (Å²) in [6, 6.07) is 0.557. The number of thioether (sulfide) groups is 1. The first kappa shape index (κ1) is 12.4. The van der Waals surface area contributed by atoms with Crippen LogP contribution >= 0.6 is 11.8 Å². The van der Waals surface area contributed by atoms with Crippen molar-refractivity contribution >= 4 is 23.3 Å². The van der Waals surface area contributed by atoms with E-state index in [4.69, 9.17) is 0 Å². The molecule has 1 aliphatic rings. The molecular weight excluding hydrogens is 234 g/mol. The Bertz CT molecular complexity index is 397. The Morgan fingerprint density at radius 1 is 1.24 bits per heavy atom. The molecule has 1 heterocycles. The summed E-state index contributed by atoms with van der Waals surface area (Å²) in [6.07, 6.45) is 4.43. The molecule has 1 saturated carbocycles. The van der Waals surface area contributed by atoms with Crippen LogP contribution in [0.5, 0.6) is 0 Å². The van der Waals surface area contributed by atoms with Crippen LogP contribution in [0.25, 0.3) is 0 Å². The van der Waals surface area contributed by atoms with Gasteiger partial charge >= 0.3 is 0 Å². The van der Waals surface area contributed by atoms with Gasteiger partial charge in [0.2, 0.25) is 0 Å². The van der Waals surface area contributed by atoms with Crippen LogP contribution in [-0.4, -0.2) is 33.2 Å². The standard InChI is InChI=1S/C11H19N5S/c1-11(2,3)13-8-9(12-7-5-6-7)14-16-15-10(8)17-4/h7H,5-6H2,1-4H3,(H,13,16)(H,12,14,15). The Labute approximate surface area is 106 Å². The van der Waals surface area contributed by atoms with Crippen molar-refractivity contribution in [1.29, 1.82) is 0 Å². The molecule has 2 rings (SSSR count). The van der Waals surface area contributed by atoms with Crippen LogP contribution < -0.4 is 10.6 Å². The zero-order valence-corrected chi connectivity index (χ0v) is 11.6. The van der Waals surface area contributed by atoms with Gasteiger partial charge in [0.25, 0.3) is 0 Å². The molecule has 6 heteroatoms. The molecular formula is C11H19N5S. The fraction of sp³-hybridized carbons (Fsp3) is 0.727. The molecule has 5 nitrogen and oxygen atoms in total. The van der Waals surface area contributed by atoms with Gasteiger partial charge in [-0.1, -0.05) is 0 Å². The van der Waals surface area contributed by atoms with Crippen molar-refractivity contribution in [2.24, 2.45) is 0 Å². The highest BCUT2D eigenvalue weighted by atomic mass is 32.2. The van der Waals surface area contributed by atoms with E-state index in [1.165, 1.54) is 12.8 Å². The summed E-state index contributed by atoms with van der Waals surface area (Å²) in [4.78, 5) is 0. The number of anilines is 2. The normalized spacial score (nSPS) is 15.8. The minimum absolute atomic E-state index is 0.0187. The van der Waals surface area contributed by atoms with Gasteiger partial charge in [0.15, 0.2) is 5.82 Å². The predicted molar refractivity (Wildman–Crippen MR) is 71.6 cm³/mol. The van der Waals surface area contributed by atoms with Crippen molar-refractivity contribution < 1.29 is 0 Å². The van der Waals surface area contributed by atoms with E-state index >= 15 is 0 Å². The fourth-order valence-electron chi connectivity index (χ4n) is 1.46. The summed E-state index contributed by atoms with van der Waals surface area (Å²) in [7, 11) is 0. The Morgan fingerprint density at radius 3 is 2.47 bits per heavy atom. The van der Waals surface area contributed by atoms with E-state index in [0.29, 0.717) is 6.04 Å². The maximum atomic E-state index is 4.10. The molecule has 17 heavy (non-hydrogen) atoms. The lowest BCUT2D eigenvalue weighted by atomic mass is 10.1. The number of hydrogen-bond donors (Lipinski definition) is 2. The highest BCUT2D eigenvalue weighted by Gasteiger charge is 2.25. The summed E-state index contributed by atoms with van der Waals surface area (Å²) in [5.41, 5.74) is 0.946. The van der Waals surface area contributed by atoms with Crippen LogP contribution in [0.3, 0.4) is 0 Å². The summed E-state index contributed by atoms with van der Waals surface area (Å²) < 4.78 is 0. The van der Waals surface area contributed by atoms with Crippen LogP contribution in [0.1, 0.15) is 33.6 Å². The van der Waals surface area contributed by atoms with Crippen LogP contribution in [0.2, 0.25) is 0 Å². The van der Waals surface area contributed by atoms with Crippen molar-refractivity contribution in [2.45, 2.75) is 50.2 Å². The molecule has 0 aromatic carbocycles. The number of nitrogens with one attached hydrogen (secondary N) is 2. The van der Waals surface area contributed by atoms with Gasteiger partial charge in [0.1, 0.15) is 10.7 Å². The second-order valence-electron chi connectivity index (χ2n) is 5.32. The van der Waals surface area contributed by atoms with E-state index in [9.17, 15) is 0 Å². The van der Waals surface area contributed by atoms with Gasteiger partial charge in [-0.15, -0.1) is 22.0 Å². The van der Waals surface area contributed by atoms with Gasteiger partial charge in [-0.05, 0) is 45.1 Å². The summed E-state index contributed by atoms with van der Waals surface area (Å²) in [5, 5.41) is 19.7. The Kier molecular flexibility index (Phi) is 3.42. The third kappa shape index (κ3) is 3.46. The largest absolute Gasteiger partial charge is 0.375 e. The Hall–Kier alpha value is -1.04. The molecule has 0 amide bonds. The maximum absolute atomic E-state index is 4.10. The molecule has 0 radical (unpaired) electrons. The van der Waals surface area contributed by atoms with Crippen LogP contribution in [0.4, 0.5) is 11.5 Å². The van der Waals surface area contributed by atoms with E-state index in [-0.39, 0.29) is 5.54 Å². The first-order valence-electron chi connectivity index (χ1n) is 5.81. The average Bonchev–Trinajstić information content (AvgIpc) is 3.02. The lowest BCUT2D eigenvalue weighted by molar-refractivity contribution is 0.627. The van der Waals surface area contributed by atoms with E-state index < -0.39 is 0 Å². The maximum Gasteiger partial charge on any atom is 0.176 e. The number of aromatic nitrogens is 3. The van der Waals surface area contributed by atoms with Crippen molar-refractivity contribution in [2.75, 3.05) is 16.9 Å². The zero-order chi connectivity index (χ0) is 12.5. The first-order chi connectivity index (χ1) is 7.99. The summed E-state index contributed by atoms with van der Waals surface area (Å²) in [5.74, 6) is 0.821. The predicted octanol–water partition coefficient (Wildman–Crippen LogP) is 2.38. The second-order valence-corrected chi connectivity index (χ2v) is 6.11. The number of hydrogen-bond acceptors (Lipinski definition) is 6. The Balaban J connectivity index is 2.28. The Morgan fingerprint density at radius 2 is 1.94 bits per heavy atom. The molecule has 2 N–H and O–H groups in total. The van der Waals surface area contributed by atoms with Gasteiger partial charge in [-0.25, -0.2) is 0 Å². The number of rotatable bonds is 4. The van der Waals surface area contributed by atoms with Gasteiger partial charge < -0.3 is 10.6 Å². The quantitative estimate of drug-likeness (QED) is 0.803. The van der Waals surface area contributed by atoms with Crippen molar-refractivity contribution in [1.82, 2.24) is 15.4 Å². The second kappa shape index (κ2) is 4.68. The highest BCUT2D eigenvalue weighted by Crippen LogP contribution is 2.33. The molecule has 1 aliphatic carbocycles. The summed E-state index contributed by atoms with van der Waals surface area (Å²) >= 11 is 1.58. The molecule has 0 spiro atoms. The van der Waals surface area contributed by atoms with Gasteiger partial charge in [0, 0.05) is 11.6 Å². The van der Waals surface area contributed by atoms with E-state index in [1.54, 1.807) is 11.8 Å². The molecule has 0 aliphatic heterocycles. The van der Waals surface area contributed by atoms with Gasteiger partial charge in [-0.3, -0.25) is 0 Å². The molecule has 1 aromatic rings. The third-order valence-corrected chi connectivity index (χ3v) is 3.01. The van der Waals surface area contributed by atoms with Crippen LogP contribution in [-0.2, 0) is 0 Å². The topological polar surface area (TPSA) is 62.7 Å². The molecule has 0 bridgehead atoms. The zero-order valence-electron chi connectivity index (χ0n) is 10.7. The minimum atomic E-state index is -0.0187. The average molecular weight is 253 g/mol. The van der Waals surface area contributed by atoms with Crippen molar-refractivity contribution in [3.8, 4) is 0 Å². The van der Waals surface area contributed by atoms with E-state index in [1.807, 2.05) is 6.26 Å². The SMILES string of the molecule is CSc1nnnc(NC2CC2)c1NC(C)(C)C. The van der Waals surface area contributed by atoms with Crippen LogP contribution in [0.15, 0.2) is 5.03 Å². The molecule has 1 fully saturated rings. The fourth-order valence-corrected chi connectivity index (χ4v) is 1.93. The third-order valence-electron chi connectivity index (χ3n) is 2.34. The smallest absolute Gasteiger partial charge is 0.176 e.